The second-order valence-electron chi connectivity index (χ2n) is 8.21. The van der Waals surface area contributed by atoms with Gasteiger partial charge in [0, 0.05) is 5.54 Å². The Kier molecular flexibility index (Phi) is 6.46. The first-order valence-electron chi connectivity index (χ1n) is 8.40. The second kappa shape index (κ2) is 7.45. The summed E-state index contributed by atoms with van der Waals surface area (Å²) in [7, 11) is 0. The molecule has 1 aromatic carbocycles. The summed E-state index contributed by atoms with van der Waals surface area (Å²) in [6.45, 7) is 19.2. The number of hydrogen-bond acceptors (Lipinski definition) is 1. The molecular weight excluding hydrogens is 254 g/mol. The Balaban J connectivity index is 2.86. The molecule has 0 saturated heterocycles. The van der Waals surface area contributed by atoms with Gasteiger partial charge in [0.05, 0.1) is 0 Å². The lowest BCUT2D eigenvalue weighted by molar-refractivity contribution is 0.331. The third-order valence-electron chi connectivity index (χ3n) is 4.06. The van der Waals surface area contributed by atoms with Gasteiger partial charge in [-0.1, -0.05) is 31.5 Å². The average Bonchev–Trinajstić information content (AvgIpc) is 2.28. The van der Waals surface area contributed by atoms with E-state index in [2.05, 4.69) is 72.8 Å². The fraction of sp³-hybridized carbons (Fsp3) is 0.700. The van der Waals surface area contributed by atoms with Crippen molar-refractivity contribution in [1.82, 2.24) is 5.32 Å². The predicted octanol–water partition coefficient (Wildman–Crippen LogP) is 5.20. The summed E-state index contributed by atoms with van der Waals surface area (Å²) in [4.78, 5) is 0. The van der Waals surface area contributed by atoms with E-state index in [1.807, 2.05) is 0 Å². The first kappa shape index (κ1) is 18.2. The minimum absolute atomic E-state index is 0.201. The zero-order valence-electron chi connectivity index (χ0n) is 15.4. The van der Waals surface area contributed by atoms with Crippen molar-refractivity contribution in [2.75, 3.05) is 6.54 Å². The lowest BCUT2D eigenvalue weighted by Gasteiger charge is -2.27. The van der Waals surface area contributed by atoms with Crippen LogP contribution >= 0.6 is 0 Å². The summed E-state index contributed by atoms with van der Waals surface area (Å²) in [5.41, 5.74) is 6.05. The summed E-state index contributed by atoms with van der Waals surface area (Å²) < 4.78 is 0. The van der Waals surface area contributed by atoms with Crippen LogP contribution in [0.25, 0.3) is 0 Å². The van der Waals surface area contributed by atoms with E-state index in [4.69, 9.17) is 0 Å². The number of nitrogens with one attached hydrogen (secondary N) is 1. The Morgan fingerprint density at radius 2 is 1.52 bits per heavy atom. The molecule has 1 unspecified atom stereocenters. The van der Waals surface area contributed by atoms with Crippen molar-refractivity contribution in [3.63, 3.8) is 0 Å². The van der Waals surface area contributed by atoms with Crippen LogP contribution in [0.1, 0.15) is 63.3 Å². The molecule has 21 heavy (non-hydrogen) atoms. The standard InChI is InChI=1S/C20H35N/c1-14(2)9-18(13-21-20(6,7)8)12-19-16(4)10-15(3)11-17(19)5/h10-11,14,18,21H,9,12-13H2,1-8H3. The van der Waals surface area contributed by atoms with Crippen molar-refractivity contribution >= 4 is 0 Å². The Morgan fingerprint density at radius 3 is 1.95 bits per heavy atom. The largest absolute Gasteiger partial charge is 0.312 e. The first-order valence-corrected chi connectivity index (χ1v) is 8.40. The fourth-order valence-electron chi connectivity index (χ4n) is 3.18. The van der Waals surface area contributed by atoms with Crippen molar-refractivity contribution in [3.05, 3.63) is 34.4 Å². The first-order chi connectivity index (χ1) is 9.58. The van der Waals surface area contributed by atoms with Crippen LogP contribution in [0.2, 0.25) is 0 Å². The number of benzene rings is 1. The quantitative estimate of drug-likeness (QED) is 0.758. The third kappa shape index (κ3) is 6.65. The highest BCUT2D eigenvalue weighted by Gasteiger charge is 2.17. The molecule has 0 aliphatic heterocycles. The summed E-state index contributed by atoms with van der Waals surface area (Å²) in [6.07, 6.45) is 2.48. The highest BCUT2D eigenvalue weighted by molar-refractivity contribution is 5.37. The molecule has 0 aliphatic rings. The van der Waals surface area contributed by atoms with Crippen molar-refractivity contribution in [3.8, 4) is 0 Å². The molecule has 0 fully saturated rings. The Hall–Kier alpha value is -0.820. The van der Waals surface area contributed by atoms with Gasteiger partial charge in [-0.05, 0) is 89.5 Å². The van der Waals surface area contributed by atoms with Gasteiger partial charge in [0.2, 0.25) is 0 Å². The number of rotatable bonds is 6. The van der Waals surface area contributed by atoms with E-state index in [9.17, 15) is 0 Å². The molecule has 1 rings (SSSR count). The van der Waals surface area contributed by atoms with Gasteiger partial charge in [-0.3, -0.25) is 0 Å². The van der Waals surface area contributed by atoms with Crippen LogP contribution in [0.5, 0.6) is 0 Å². The van der Waals surface area contributed by atoms with Crippen LogP contribution in [0.15, 0.2) is 12.1 Å². The minimum atomic E-state index is 0.201. The Bertz CT molecular complexity index is 428. The molecule has 120 valence electrons. The van der Waals surface area contributed by atoms with Crippen LogP contribution in [-0.4, -0.2) is 12.1 Å². The Morgan fingerprint density at radius 1 is 1.00 bits per heavy atom. The minimum Gasteiger partial charge on any atom is -0.312 e. The molecule has 1 N–H and O–H groups in total. The molecule has 1 heteroatoms. The van der Waals surface area contributed by atoms with E-state index >= 15 is 0 Å². The van der Waals surface area contributed by atoms with E-state index in [1.54, 1.807) is 5.56 Å². The summed E-state index contributed by atoms with van der Waals surface area (Å²) in [5.74, 6) is 1.46. The van der Waals surface area contributed by atoms with Gasteiger partial charge < -0.3 is 5.32 Å². The molecule has 0 aliphatic carbocycles. The maximum absolute atomic E-state index is 3.70. The van der Waals surface area contributed by atoms with E-state index in [0.29, 0.717) is 5.92 Å². The lowest BCUT2D eigenvalue weighted by Crippen LogP contribution is -2.40. The van der Waals surface area contributed by atoms with Crippen LogP contribution < -0.4 is 5.32 Å². The van der Waals surface area contributed by atoms with Gasteiger partial charge in [-0.15, -0.1) is 0 Å². The van der Waals surface area contributed by atoms with Gasteiger partial charge in [0.25, 0.3) is 0 Å². The predicted molar refractivity (Wildman–Crippen MR) is 95.1 cm³/mol. The molecule has 0 amide bonds. The molecule has 0 spiro atoms. The summed E-state index contributed by atoms with van der Waals surface area (Å²) in [6, 6.07) is 4.65. The molecule has 1 nitrogen and oxygen atoms in total. The molecule has 0 radical (unpaired) electrons. The normalized spacial score (nSPS) is 13.8. The monoisotopic (exact) mass is 289 g/mol. The zero-order chi connectivity index (χ0) is 16.2. The molecule has 0 aromatic heterocycles. The highest BCUT2D eigenvalue weighted by Crippen LogP contribution is 2.23. The van der Waals surface area contributed by atoms with Crippen molar-refractivity contribution in [2.24, 2.45) is 11.8 Å². The van der Waals surface area contributed by atoms with Crippen molar-refractivity contribution in [2.45, 2.75) is 73.8 Å². The number of aryl methyl sites for hydroxylation is 3. The summed E-state index contributed by atoms with van der Waals surface area (Å²) >= 11 is 0. The van der Waals surface area contributed by atoms with Gasteiger partial charge in [-0.25, -0.2) is 0 Å². The van der Waals surface area contributed by atoms with Crippen LogP contribution in [0, 0.1) is 32.6 Å². The number of hydrogen-bond donors (Lipinski definition) is 1. The Labute approximate surface area is 132 Å². The topological polar surface area (TPSA) is 12.0 Å². The smallest absolute Gasteiger partial charge is 0.00966 e. The molecule has 0 saturated carbocycles. The van der Waals surface area contributed by atoms with E-state index in [0.717, 1.165) is 12.5 Å². The van der Waals surface area contributed by atoms with Gasteiger partial charge in [0.1, 0.15) is 0 Å². The zero-order valence-corrected chi connectivity index (χ0v) is 15.4. The van der Waals surface area contributed by atoms with E-state index < -0.39 is 0 Å². The molecule has 1 aromatic rings. The van der Waals surface area contributed by atoms with E-state index in [-0.39, 0.29) is 5.54 Å². The molecular formula is C20H35N. The molecule has 0 bridgehead atoms. The van der Waals surface area contributed by atoms with Crippen molar-refractivity contribution < 1.29 is 0 Å². The summed E-state index contributed by atoms with van der Waals surface area (Å²) in [5, 5.41) is 3.70. The SMILES string of the molecule is Cc1cc(C)c(CC(CNC(C)(C)C)CC(C)C)c(C)c1. The molecule has 0 heterocycles. The van der Waals surface area contributed by atoms with Gasteiger partial charge in [0.15, 0.2) is 0 Å². The van der Waals surface area contributed by atoms with Crippen LogP contribution in [-0.2, 0) is 6.42 Å². The van der Waals surface area contributed by atoms with E-state index in [1.165, 1.54) is 29.5 Å². The van der Waals surface area contributed by atoms with Crippen LogP contribution in [0.3, 0.4) is 0 Å². The maximum atomic E-state index is 3.70. The fourth-order valence-corrected chi connectivity index (χ4v) is 3.18. The van der Waals surface area contributed by atoms with Crippen LogP contribution in [0.4, 0.5) is 0 Å². The third-order valence-corrected chi connectivity index (χ3v) is 4.06. The lowest BCUT2D eigenvalue weighted by atomic mass is 9.86. The second-order valence-corrected chi connectivity index (χ2v) is 8.21. The average molecular weight is 290 g/mol. The maximum Gasteiger partial charge on any atom is 0.00966 e. The van der Waals surface area contributed by atoms with Gasteiger partial charge >= 0.3 is 0 Å². The van der Waals surface area contributed by atoms with Crippen molar-refractivity contribution in [1.29, 1.82) is 0 Å². The molecule has 1 atom stereocenters. The highest BCUT2D eigenvalue weighted by atomic mass is 14.9. The van der Waals surface area contributed by atoms with Gasteiger partial charge in [-0.2, -0.15) is 0 Å².